The Morgan fingerprint density at radius 1 is 1.32 bits per heavy atom. The maximum absolute atomic E-state index is 9.62. The number of hydrogen-bond acceptors (Lipinski definition) is 4. The predicted molar refractivity (Wildman–Crippen MR) is 75.0 cm³/mol. The lowest BCUT2D eigenvalue weighted by Crippen LogP contribution is -2.52. The van der Waals surface area contributed by atoms with E-state index in [-0.39, 0.29) is 0 Å². The highest BCUT2D eigenvalue weighted by atomic mass is 16.5. The summed E-state index contributed by atoms with van der Waals surface area (Å²) in [5.41, 5.74) is 0.465. The van der Waals surface area contributed by atoms with E-state index in [2.05, 4.69) is 16.3 Å². The predicted octanol–water partition coefficient (Wildman–Crippen LogP) is 1.73. The Morgan fingerprint density at radius 2 is 1.95 bits per heavy atom. The van der Waals surface area contributed by atoms with Crippen LogP contribution in [-0.4, -0.2) is 37.7 Å². The summed E-state index contributed by atoms with van der Waals surface area (Å²) in [4.78, 5) is 2.24. The van der Waals surface area contributed by atoms with Gasteiger partial charge in [-0.25, -0.2) is 0 Å². The number of ether oxygens (including phenoxy) is 1. The van der Waals surface area contributed by atoms with E-state index in [9.17, 15) is 5.26 Å². The number of piperazine rings is 1. The molecule has 1 aliphatic heterocycles. The van der Waals surface area contributed by atoms with E-state index in [0.29, 0.717) is 6.61 Å². The van der Waals surface area contributed by atoms with Crippen molar-refractivity contribution < 1.29 is 4.74 Å². The molecule has 0 bridgehead atoms. The van der Waals surface area contributed by atoms with Gasteiger partial charge >= 0.3 is 0 Å². The quantitative estimate of drug-likeness (QED) is 0.894. The van der Waals surface area contributed by atoms with Gasteiger partial charge in [-0.3, -0.25) is 4.90 Å². The molecule has 1 atom stereocenters. The van der Waals surface area contributed by atoms with Crippen LogP contribution in [0.4, 0.5) is 0 Å². The van der Waals surface area contributed by atoms with E-state index >= 15 is 0 Å². The third kappa shape index (κ3) is 2.89. The highest BCUT2D eigenvalue weighted by molar-refractivity contribution is 5.35. The first-order valence-electron chi connectivity index (χ1n) is 6.81. The molecule has 0 amide bonds. The van der Waals surface area contributed by atoms with Crippen LogP contribution in [0, 0.1) is 11.3 Å². The molecule has 4 nitrogen and oxygen atoms in total. The van der Waals surface area contributed by atoms with Gasteiger partial charge in [0.05, 0.1) is 12.7 Å². The molecule has 0 aliphatic carbocycles. The molecular formula is C15H21N3O. The van der Waals surface area contributed by atoms with E-state index in [1.807, 2.05) is 38.1 Å². The van der Waals surface area contributed by atoms with Gasteiger partial charge in [0.25, 0.3) is 0 Å². The summed E-state index contributed by atoms with van der Waals surface area (Å²) in [6.07, 6.45) is 0. The van der Waals surface area contributed by atoms with Crippen LogP contribution in [0.25, 0.3) is 0 Å². The lowest BCUT2D eigenvalue weighted by Gasteiger charge is -2.39. The first-order chi connectivity index (χ1) is 9.20. The molecule has 4 heteroatoms. The molecule has 19 heavy (non-hydrogen) atoms. The van der Waals surface area contributed by atoms with Gasteiger partial charge < -0.3 is 10.1 Å². The average Bonchev–Trinajstić information content (AvgIpc) is 2.48. The molecule has 0 saturated carbocycles. The van der Waals surface area contributed by atoms with Crippen LogP contribution in [0.5, 0.6) is 5.75 Å². The van der Waals surface area contributed by atoms with Crippen LogP contribution >= 0.6 is 0 Å². The van der Waals surface area contributed by atoms with Crippen molar-refractivity contribution in [3.8, 4) is 11.8 Å². The molecule has 1 N–H and O–H groups in total. The highest BCUT2D eigenvalue weighted by Gasteiger charge is 2.34. The van der Waals surface area contributed by atoms with E-state index in [1.165, 1.54) is 0 Å². The lowest BCUT2D eigenvalue weighted by atomic mass is 9.91. The second-order valence-corrected chi connectivity index (χ2v) is 4.88. The molecule has 1 aromatic rings. The van der Waals surface area contributed by atoms with Crippen molar-refractivity contribution in [1.82, 2.24) is 10.2 Å². The van der Waals surface area contributed by atoms with Crippen LogP contribution in [0.3, 0.4) is 0 Å². The zero-order valence-corrected chi connectivity index (χ0v) is 11.6. The van der Waals surface area contributed by atoms with Crippen molar-refractivity contribution in [2.75, 3.05) is 32.8 Å². The second kappa shape index (κ2) is 6.05. The topological polar surface area (TPSA) is 48.3 Å². The fourth-order valence-corrected chi connectivity index (χ4v) is 2.47. The summed E-state index contributed by atoms with van der Waals surface area (Å²) in [5, 5.41) is 12.9. The fourth-order valence-electron chi connectivity index (χ4n) is 2.47. The van der Waals surface area contributed by atoms with E-state index in [0.717, 1.165) is 37.5 Å². The zero-order valence-electron chi connectivity index (χ0n) is 11.6. The molecule has 0 spiro atoms. The average molecular weight is 259 g/mol. The molecule has 1 saturated heterocycles. The Kier molecular flexibility index (Phi) is 4.41. The third-order valence-electron chi connectivity index (χ3n) is 3.69. The van der Waals surface area contributed by atoms with Crippen LogP contribution < -0.4 is 10.1 Å². The first kappa shape index (κ1) is 13.9. The maximum atomic E-state index is 9.62. The van der Waals surface area contributed by atoms with Crippen molar-refractivity contribution in [3.63, 3.8) is 0 Å². The van der Waals surface area contributed by atoms with E-state index < -0.39 is 5.54 Å². The first-order valence-corrected chi connectivity index (χ1v) is 6.81. The van der Waals surface area contributed by atoms with Crippen LogP contribution in [0.2, 0.25) is 0 Å². The summed E-state index contributed by atoms with van der Waals surface area (Å²) in [5.74, 6) is 0.854. The summed E-state index contributed by atoms with van der Waals surface area (Å²) < 4.78 is 5.45. The second-order valence-electron chi connectivity index (χ2n) is 4.88. The van der Waals surface area contributed by atoms with Gasteiger partial charge in [0.1, 0.15) is 11.3 Å². The number of hydrogen-bond donors (Lipinski definition) is 1. The van der Waals surface area contributed by atoms with Gasteiger partial charge in [-0.1, -0.05) is 12.1 Å². The van der Waals surface area contributed by atoms with E-state index in [4.69, 9.17) is 4.74 Å². The number of benzene rings is 1. The van der Waals surface area contributed by atoms with Gasteiger partial charge in [0.15, 0.2) is 0 Å². The molecule has 102 valence electrons. The molecular weight excluding hydrogens is 238 g/mol. The van der Waals surface area contributed by atoms with Crippen molar-refractivity contribution in [2.24, 2.45) is 0 Å². The lowest BCUT2D eigenvalue weighted by molar-refractivity contribution is 0.132. The Balaban J connectivity index is 2.22. The van der Waals surface area contributed by atoms with Gasteiger partial charge in [0.2, 0.25) is 0 Å². The normalized spacial score (nSPS) is 19.4. The molecule has 1 unspecified atom stereocenters. The number of nitriles is 1. The van der Waals surface area contributed by atoms with Crippen molar-refractivity contribution in [3.05, 3.63) is 29.8 Å². The standard InChI is InChI=1S/C15H21N3O/c1-3-19-14-6-4-13(5-7-14)15(2,12-16)18-10-8-17-9-11-18/h4-7,17H,3,8-11H2,1-2H3. The monoisotopic (exact) mass is 259 g/mol. The molecule has 1 aromatic carbocycles. The van der Waals surface area contributed by atoms with Crippen molar-refractivity contribution in [1.29, 1.82) is 5.26 Å². The molecule has 1 fully saturated rings. The number of nitrogens with zero attached hydrogens (tertiary/aromatic N) is 2. The summed E-state index contributed by atoms with van der Waals surface area (Å²) in [6, 6.07) is 10.3. The number of rotatable bonds is 4. The van der Waals surface area contributed by atoms with Gasteiger partial charge in [0, 0.05) is 26.2 Å². The Hall–Kier alpha value is -1.57. The molecule has 0 radical (unpaired) electrons. The van der Waals surface area contributed by atoms with Crippen LogP contribution in [-0.2, 0) is 5.54 Å². The molecule has 1 aliphatic rings. The van der Waals surface area contributed by atoms with Crippen molar-refractivity contribution in [2.45, 2.75) is 19.4 Å². The zero-order chi connectivity index (χ0) is 13.7. The fraction of sp³-hybridized carbons (Fsp3) is 0.533. The van der Waals surface area contributed by atoms with Gasteiger partial charge in [-0.2, -0.15) is 5.26 Å². The van der Waals surface area contributed by atoms with Gasteiger partial charge in [-0.15, -0.1) is 0 Å². The Labute approximate surface area is 115 Å². The summed E-state index contributed by atoms with van der Waals surface area (Å²) in [6.45, 7) is 8.30. The minimum atomic E-state index is -0.563. The maximum Gasteiger partial charge on any atom is 0.132 e. The molecule has 0 aromatic heterocycles. The smallest absolute Gasteiger partial charge is 0.132 e. The Bertz CT molecular complexity index is 445. The largest absolute Gasteiger partial charge is 0.494 e. The van der Waals surface area contributed by atoms with Gasteiger partial charge in [-0.05, 0) is 31.5 Å². The third-order valence-corrected chi connectivity index (χ3v) is 3.69. The highest BCUT2D eigenvalue weighted by Crippen LogP contribution is 2.29. The van der Waals surface area contributed by atoms with Crippen LogP contribution in [0.15, 0.2) is 24.3 Å². The SMILES string of the molecule is CCOc1ccc(C(C)(C#N)N2CCNCC2)cc1. The van der Waals surface area contributed by atoms with E-state index in [1.54, 1.807) is 0 Å². The van der Waals surface area contributed by atoms with Crippen molar-refractivity contribution >= 4 is 0 Å². The molecule has 1 heterocycles. The number of nitrogens with one attached hydrogen (secondary N) is 1. The minimum absolute atomic E-state index is 0.563. The summed E-state index contributed by atoms with van der Waals surface area (Å²) >= 11 is 0. The summed E-state index contributed by atoms with van der Waals surface area (Å²) in [7, 11) is 0. The van der Waals surface area contributed by atoms with Crippen LogP contribution in [0.1, 0.15) is 19.4 Å². The minimum Gasteiger partial charge on any atom is -0.494 e. The molecule has 2 rings (SSSR count). The Morgan fingerprint density at radius 3 is 2.47 bits per heavy atom.